The van der Waals surface area contributed by atoms with Gasteiger partial charge in [-0.25, -0.2) is 0 Å². The molecule has 0 fully saturated rings. The van der Waals surface area contributed by atoms with Gasteiger partial charge in [0.15, 0.2) is 0 Å². The first-order valence-electron chi connectivity index (χ1n) is 5.55. The number of halogens is 1. The molecule has 0 spiro atoms. The number of rotatable bonds is 4. The second-order valence-corrected chi connectivity index (χ2v) is 5.26. The lowest BCUT2D eigenvalue weighted by Gasteiger charge is -2.08. The van der Waals surface area contributed by atoms with E-state index >= 15 is 0 Å². The van der Waals surface area contributed by atoms with Crippen LogP contribution in [-0.4, -0.2) is 12.5 Å². The average Bonchev–Trinajstić information content (AvgIpc) is 2.21. The lowest BCUT2D eigenvalue weighted by atomic mass is 10.1. The van der Waals surface area contributed by atoms with Crippen LogP contribution in [0, 0.1) is 12.8 Å². The summed E-state index contributed by atoms with van der Waals surface area (Å²) in [6.07, 6.45) is 1.01. The summed E-state index contributed by atoms with van der Waals surface area (Å²) in [6, 6.07) is 5.66. The van der Waals surface area contributed by atoms with E-state index in [1.165, 1.54) is 0 Å². The van der Waals surface area contributed by atoms with Crippen LogP contribution in [0.25, 0.3) is 0 Å². The van der Waals surface area contributed by atoms with Crippen LogP contribution in [0.3, 0.4) is 0 Å². The van der Waals surface area contributed by atoms with Gasteiger partial charge in [-0.15, -0.1) is 0 Å². The molecule has 0 atom stereocenters. The largest absolute Gasteiger partial charge is 0.352 e. The first-order chi connectivity index (χ1) is 7.50. The molecular weight excluding hydrogens is 266 g/mol. The summed E-state index contributed by atoms with van der Waals surface area (Å²) in [5.74, 6) is 0.617. The molecule has 0 saturated carbocycles. The molecule has 1 amide bonds. The standard InChI is InChI=1S/C13H18BrNO/c1-9(2)6-7-15-13(16)11-5-4-10(3)12(14)8-11/h4-5,8-9H,6-7H2,1-3H3,(H,15,16). The van der Waals surface area contributed by atoms with Crippen LogP contribution in [0.4, 0.5) is 0 Å². The van der Waals surface area contributed by atoms with Crippen LogP contribution in [0.5, 0.6) is 0 Å². The summed E-state index contributed by atoms with van der Waals surface area (Å²) < 4.78 is 0.976. The molecule has 0 bridgehead atoms. The van der Waals surface area contributed by atoms with Gasteiger partial charge in [-0.05, 0) is 37.0 Å². The molecule has 1 rings (SSSR count). The van der Waals surface area contributed by atoms with Crippen molar-refractivity contribution in [3.8, 4) is 0 Å². The Morgan fingerprint density at radius 2 is 2.12 bits per heavy atom. The maximum Gasteiger partial charge on any atom is 0.251 e. The quantitative estimate of drug-likeness (QED) is 0.900. The molecule has 0 radical (unpaired) electrons. The Bertz CT molecular complexity index is 374. The molecule has 0 aliphatic heterocycles. The van der Waals surface area contributed by atoms with Gasteiger partial charge in [0.2, 0.25) is 0 Å². The summed E-state index contributed by atoms with van der Waals surface area (Å²) in [7, 11) is 0. The number of carbonyl (C=O) groups is 1. The van der Waals surface area contributed by atoms with Crippen molar-refractivity contribution in [1.82, 2.24) is 5.32 Å². The van der Waals surface area contributed by atoms with Gasteiger partial charge in [-0.3, -0.25) is 4.79 Å². The van der Waals surface area contributed by atoms with Crippen LogP contribution in [0.2, 0.25) is 0 Å². The molecule has 0 aromatic heterocycles. The minimum Gasteiger partial charge on any atom is -0.352 e. The van der Waals surface area contributed by atoms with Crippen molar-refractivity contribution in [2.24, 2.45) is 5.92 Å². The van der Waals surface area contributed by atoms with Crippen molar-refractivity contribution in [3.63, 3.8) is 0 Å². The van der Waals surface area contributed by atoms with E-state index in [0.29, 0.717) is 11.5 Å². The maximum atomic E-state index is 11.8. The molecule has 0 aliphatic carbocycles. The lowest BCUT2D eigenvalue weighted by molar-refractivity contribution is 0.0952. The van der Waals surface area contributed by atoms with Crippen molar-refractivity contribution < 1.29 is 4.79 Å². The van der Waals surface area contributed by atoms with Crippen molar-refractivity contribution in [2.75, 3.05) is 6.54 Å². The Hall–Kier alpha value is -0.830. The summed E-state index contributed by atoms with van der Waals surface area (Å²) >= 11 is 3.43. The highest BCUT2D eigenvalue weighted by Crippen LogP contribution is 2.17. The Balaban J connectivity index is 2.56. The molecule has 0 heterocycles. The van der Waals surface area contributed by atoms with Gasteiger partial charge in [-0.2, -0.15) is 0 Å². The molecule has 16 heavy (non-hydrogen) atoms. The van der Waals surface area contributed by atoms with Crippen LogP contribution in [0.1, 0.15) is 36.2 Å². The molecule has 0 aliphatic rings. The SMILES string of the molecule is Cc1ccc(C(=O)NCCC(C)C)cc1Br. The molecule has 0 saturated heterocycles. The minimum atomic E-state index is 0.00125. The van der Waals surface area contributed by atoms with Gasteiger partial charge in [0.25, 0.3) is 5.91 Å². The van der Waals surface area contributed by atoms with Crippen molar-refractivity contribution >= 4 is 21.8 Å². The fraction of sp³-hybridized carbons (Fsp3) is 0.462. The van der Waals surface area contributed by atoms with E-state index < -0.39 is 0 Å². The maximum absolute atomic E-state index is 11.8. The average molecular weight is 284 g/mol. The van der Waals surface area contributed by atoms with Gasteiger partial charge < -0.3 is 5.32 Å². The number of carbonyl (C=O) groups excluding carboxylic acids is 1. The molecule has 0 unspecified atom stereocenters. The molecule has 3 heteroatoms. The van der Waals surface area contributed by atoms with E-state index in [-0.39, 0.29) is 5.91 Å². The first kappa shape index (κ1) is 13.2. The second-order valence-electron chi connectivity index (χ2n) is 4.40. The predicted molar refractivity (Wildman–Crippen MR) is 70.7 cm³/mol. The van der Waals surface area contributed by atoms with E-state index in [4.69, 9.17) is 0 Å². The van der Waals surface area contributed by atoms with Crippen molar-refractivity contribution in [3.05, 3.63) is 33.8 Å². The van der Waals surface area contributed by atoms with E-state index in [9.17, 15) is 4.79 Å². The van der Waals surface area contributed by atoms with E-state index in [1.807, 2.05) is 25.1 Å². The Morgan fingerprint density at radius 3 is 2.69 bits per heavy atom. The van der Waals surface area contributed by atoms with Crippen LogP contribution < -0.4 is 5.32 Å². The third kappa shape index (κ3) is 3.97. The Kier molecular flexibility index (Phi) is 5.00. The molecule has 88 valence electrons. The van der Waals surface area contributed by atoms with Gasteiger partial charge in [0, 0.05) is 16.6 Å². The first-order valence-corrected chi connectivity index (χ1v) is 6.34. The third-order valence-electron chi connectivity index (χ3n) is 2.44. The minimum absolute atomic E-state index is 0.00125. The fourth-order valence-electron chi connectivity index (χ4n) is 1.31. The molecule has 2 nitrogen and oxygen atoms in total. The number of hydrogen-bond acceptors (Lipinski definition) is 1. The van der Waals surface area contributed by atoms with E-state index in [2.05, 4.69) is 35.1 Å². The van der Waals surface area contributed by atoms with E-state index in [0.717, 1.165) is 23.0 Å². The normalized spacial score (nSPS) is 10.6. The Labute approximate surface area is 106 Å². The highest BCUT2D eigenvalue weighted by Gasteiger charge is 2.06. The molecule has 1 N–H and O–H groups in total. The number of amides is 1. The summed E-state index contributed by atoms with van der Waals surface area (Å²) in [6.45, 7) is 7.04. The fourth-order valence-corrected chi connectivity index (χ4v) is 1.69. The molecule has 1 aromatic rings. The zero-order valence-corrected chi connectivity index (χ0v) is 11.6. The van der Waals surface area contributed by atoms with Crippen molar-refractivity contribution in [1.29, 1.82) is 0 Å². The highest BCUT2D eigenvalue weighted by atomic mass is 79.9. The number of nitrogens with one attached hydrogen (secondary N) is 1. The topological polar surface area (TPSA) is 29.1 Å². The molecular formula is C13H18BrNO. The predicted octanol–water partition coefficient (Wildman–Crippen LogP) is 3.53. The smallest absolute Gasteiger partial charge is 0.251 e. The molecule has 1 aromatic carbocycles. The number of hydrogen-bond donors (Lipinski definition) is 1. The van der Waals surface area contributed by atoms with Crippen molar-refractivity contribution in [2.45, 2.75) is 27.2 Å². The lowest BCUT2D eigenvalue weighted by Crippen LogP contribution is -2.25. The van der Waals surface area contributed by atoms with Gasteiger partial charge in [-0.1, -0.05) is 35.8 Å². The zero-order chi connectivity index (χ0) is 12.1. The number of aryl methyl sites for hydroxylation is 1. The van der Waals surface area contributed by atoms with Crippen LogP contribution >= 0.6 is 15.9 Å². The number of benzene rings is 1. The van der Waals surface area contributed by atoms with Crippen LogP contribution in [0.15, 0.2) is 22.7 Å². The monoisotopic (exact) mass is 283 g/mol. The second kappa shape index (κ2) is 6.04. The van der Waals surface area contributed by atoms with Gasteiger partial charge >= 0.3 is 0 Å². The van der Waals surface area contributed by atoms with Crippen LogP contribution in [-0.2, 0) is 0 Å². The third-order valence-corrected chi connectivity index (χ3v) is 3.30. The van der Waals surface area contributed by atoms with E-state index in [1.54, 1.807) is 0 Å². The summed E-state index contributed by atoms with van der Waals surface area (Å²) in [4.78, 5) is 11.8. The highest BCUT2D eigenvalue weighted by molar-refractivity contribution is 9.10. The van der Waals surface area contributed by atoms with Gasteiger partial charge in [0.05, 0.1) is 0 Å². The summed E-state index contributed by atoms with van der Waals surface area (Å²) in [5.41, 5.74) is 1.85. The summed E-state index contributed by atoms with van der Waals surface area (Å²) in [5, 5.41) is 2.92. The Morgan fingerprint density at radius 1 is 1.44 bits per heavy atom. The van der Waals surface area contributed by atoms with Gasteiger partial charge in [0.1, 0.15) is 0 Å². The zero-order valence-electron chi connectivity index (χ0n) is 10.0.